The van der Waals surface area contributed by atoms with Gasteiger partial charge in [0.15, 0.2) is 0 Å². The maximum Gasteiger partial charge on any atom is 0.246 e. The third kappa shape index (κ3) is 21.7. The molecule has 12 atom stereocenters. The van der Waals surface area contributed by atoms with Crippen LogP contribution in [0.3, 0.4) is 0 Å². The fourth-order valence-corrected chi connectivity index (χ4v) is 10.7. The van der Waals surface area contributed by atoms with E-state index in [1.807, 2.05) is 61.5 Å². The molecule has 0 aromatic carbocycles. The fraction of sp³-hybridized carbons (Fsp3) is 0.790. The smallest absolute Gasteiger partial charge is 0.246 e. The summed E-state index contributed by atoms with van der Waals surface area (Å²) in [4.78, 5) is 169. The first-order valence-electron chi connectivity index (χ1n) is 30.6. The minimum absolute atomic E-state index is 0.0229. The highest BCUT2D eigenvalue weighted by Crippen LogP contribution is 2.26. The van der Waals surface area contributed by atoms with Crippen molar-refractivity contribution in [3.05, 3.63) is 12.2 Å². The van der Waals surface area contributed by atoms with E-state index in [0.717, 1.165) is 9.80 Å². The average Bonchev–Trinajstić information content (AvgIpc) is 3.62. The molecule has 1 saturated heterocycles. The lowest BCUT2D eigenvalue weighted by atomic mass is 9.91. The Labute approximate surface area is 508 Å². The summed E-state index contributed by atoms with van der Waals surface area (Å²) in [6.07, 6.45) is 3.04. The molecule has 23 heteroatoms. The van der Waals surface area contributed by atoms with Crippen LogP contribution >= 0.6 is 0 Å². The molecule has 1 heterocycles. The number of amides is 11. The Kier molecular flexibility index (Phi) is 31.5. The highest BCUT2D eigenvalue weighted by atomic mass is 16.3. The van der Waals surface area contributed by atoms with E-state index < -0.39 is 156 Å². The predicted octanol–water partition coefficient (Wildman–Crippen LogP) is 3.27. The number of likely N-dealkylation sites (N-methyl/N-ethyl adjacent to an activating group) is 7. The van der Waals surface area contributed by atoms with Gasteiger partial charge in [0.1, 0.15) is 60.4 Å². The quantitative estimate of drug-likeness (QED) is 0.148. The predicted molar refractivity (Wildman–Crippen MR) is 328 cm³/mol. The van der Waals surface area contributed by atoms with E-state index in [-0.39, 0.29) is 55.8 Å². The van der Waals surface area contributed by atoms with Crippen molar-refractivity contribution >= 4 is 65.0 Å². The van der Waals surface area contributed by atoms with E-state index in [1.54, 1.807) is 54.5 Å². The van der Waals surface area contributed by atoms with Crippen molar-refractivity contribution in [3.63, 3.8) is 0 Å². The SMILES string of the molecule is C/C=C/C[C@@H](C)[C@@H](O)[C@H]1C(=O)N[C@@H](CC)C(=O)N(C)CC(=O)N(C)[C@H](CC(C)C)C(=O)N[C@H](C(C)C)C(=O)N(C)[C@H](CC(C)C)C(=O)N[C@@H](C)C(=O)N[C@@H](C)C(=O)N(C)C(CC(C)C)C(=O)N(C)[C@H](CC(C)C)C(=O)N(C)[C@H](C(C)C)C(=O)N1C. The Hall–Kier alpha value is -6.13. The first-order valence-corrected chi connectivity index (χ1v) is 30.6. The first-order chi connectivity index (χ1) is 39.2. The Balaban J connectivity index is 4.32. The highest BCUT2D eigenvalue weighted by molar-refractivity contribution is 5.99. The first kappa shape index (κ1) is 76.9. The van der Waals surface area contributed by atoms with Gasteiger partial charge in [-0.3, -0.25) is 52.7 Å². The van der Waals surface area contributed by atoms with Crippen LogP contribution in [0.2, 0.25) is 0 Å². The number of nitrogens with zero attached hydrogens (tertiary/aromatic N) is 7. The van der Waals surface area contributed by atoms with E-state index in [4.69, 9.17) is 0 Å². The molecule has 23 nitrogen and oxygen atoms in total. The molecule has 0 radical (unpaired) electrons. The summed E-state index contributed by atoms with van der Waals surface area (Å²) in [5.41, 5.74) is 0. The van der Waals surface area contributed by atoms with Crippen LogP contribution in [0.1, 0.15) is 156 Å². The Bertz CT molecular complexity index is 2330. The molecule has 486 valence electrons. The number of nitrogens with one attached hydrogen (secondary N) is 4. The summed E-state index contributed by atoms with van der Waals surface area (Å²) in [5, 5.41) is 23.1. The molecule has 85 heavy (non-hydrogen) atoms. The number of carbonyl (C=O) groups is 11. The molecule has 0 saturated carbocycles. The summed E-state index contributed by atoms with van der Waals surface area (Å²) >= 11 is 0. The number of rotatable bonds is 15. The lowest BCUT2D eigenvalue weighted by Gasteiger charge is -2.41. The van der Waals surface area contributed by atoms with Crippen LogP contribution in [0.15, 0.2) is 12.2 Å². The van der Waals surface area contributed by atoms with Crippen LogP contribution in [-0.4, -0.2) is 227 Å². The van der Waals surface area contributed by atoms with Gasteiger partial charge in [0, 0.05) is 49.3 Å². The third-order valence-electron chi connectivity index (χ3n) is 16.1. The molecular weight excluding hydrogens is 1090 g/mol. The van der Waals surface area contributed by atoms with Crippen LogP contribution in [0.5, 0.6) is 0 Å². The van der Waals surface area contributed by atoms with E-state index >= 15 is 9.59 Å². The second kappa shape index (κ2) is 34.9. The van der Waals surface area contributed by atoms with Crippen LogP contribution in [0, 0.1) is 41.4 Å². The lowest BCUT2D eigenvalue weighted by molar-refractivity contribution is -0.157. The zero-order chi connectivity index (χ0) is 66.0. The summed E-state index contributed by atoms with van der Waals surface area (Å²) < 4.78 is 0. The summed E-state index contributed by atoms with van der Waals surface area (Å²) in [7, 11) is 9.92. The molecule has 0 bridgehead atoms. The normalized spacial score (nSPS) is 26.9. The van der Waals surface area contributed by atoms with Crippen molar-refractivity contribution in [3.8, 4) is 0 Å². The highest BCUT2D eigenvalue weighted by Gasteiger charge is 2.45. The van der Waals surface area contributed by atoms with Crippen molar-refractivity contribution in [2.45, 2.75) is 223 Å². The van der Waals surface area contributed by atoms with Gasteiger partial charge >= 0.3 is 0 Å². The van der Waals surface area contributed by atoms with Gasteiger partial charge in [-0.05, 0) is 101 Å². The number of carbonyl (C=O) groups excluding carboxylic acids is 11. The molecule has 5 N–H and O–H groups in total. The molecule has 0 aliphatic carbocycles. The van der Waals surface area contributed by atoms with Gasteiger partial charge in [-0.1, -0.05) is 109 Å². The Morgan fingerprint density at radius 2 is 0.871 bits per heavy atom. The van der Waals surface area contributed by atoms with Gasteiger partial charge in [-0.2, -0.15) is 0 Å². The van der Waals surface area contributed by atoms with Gasteiger partial charge in [0.05, 0.1) is 12.6 Å². The largest absolute Gasteiger partial charge is 0.390 e. The molecule has 1 aliphatic rings. The van der Waals surface area contributed by atoms with Crippen LogP contribution < -0.4 is 21.3 Å². The van der Waals surface area contributed by atoms with Crippen molar-refractivity contribution in [1.82, 2.24) is 55.6 Å². The second-order valence-electron chi connectivity index (χ2n) is 26.1. The number of allylic oxidation sites excluding steroid dienone is 2. The lowest BCUT2D eigenvalue weighted by Crippen LogP contribution is -2.63. The number of hydrogen-bond donors (Lipinski definition) is 5. The van der Waals surface area contributed by atoms with Crippen LogP contribution in [-0.2, 0) is 52.7 Å². The van der Waals surface area contributed by atoms with Crippen molar-refractivity contribution < 1.29 is 57.8 Å². The van der Waals surface area contributed by atoms with Gasteiger partial charge in [-0.15, -0.1) is 0 Å². The molecule has 0 spiro atoms. The minimum Gasteiger partial charge on any atom is -0.390 e. The van der Waals surface area contributed by atoms with Crippen molar-refractivity contribution in [1.29, 1.82) is 0 Å². The van der Waals surface area contributed by atoms with Crippen LogP contribution in [0.4, 0.5) is 0 Å². The zero-order valence-electron chi connectivity index (χ0n) is 56.1. The summed E-state index contributed by atoms with van der Waals surface area (Å²) in [5.74, 6) is -9.71. The summed E-state index contributed by atoms with van der Waals surface area (Å²) in [6.45, 7) is 29.3. The Morgan fingerprint density at radius 3 is 1.32 bits per heavy atom. The number of hydrogen-bond acceptors (Lipinski definition) is 12. The van der Waals surface area contributed by atoms with Gasteiger partial charge in [-0.25, -0.2) is 0 Å². The maximum atomic E-state index is 15.1. The molecule has 11 amide bonds. The van der Waals surface area contributed by atoms with Gasteiger partial charge in [0.2, 0.25) is 65.0 Å². The van der Waals surface area contributed by atoms with E-state index in [9.17, 15) is 48.3 Å². The van der Waals surface area contributed by atoms with E-state index in [1.165, 1.54) is 87.7 Å². The molecule has 1 unspecified atom stereocenters. The minimum atomic E-state index is -1.61. The average molecular weight is 1200 g/mol. The monoisotopic (exact) mass is 1200 g/mol. The molecule has 1 fully saturated rings. The fourth-order valence-electron chi connectivity index (χ4n) is 10.7. The van der Waals surface area contributed by atoms with E-state index in [2.05, 4.69) is 21.3 Å². The standard InChI is InChI=1S/C62H111N11O12/c1-25-27-28-40(15)52(75)51-56(79)65-43(26-2)58(81)67(18)33-48(74)68(19)44(29-34(3)4)55(78)66-49(38(11)12)61(84)69(20)45(30-35(5)6)54(77)63-41(16)53(76)64-42(17)57(80)70(21)46(31-36(7)8)59(82)71(22)47(32-37(9)10)60(83)72(23)50(39(13)14)62(85)73(51)24/h25,27,34-47,49-52,75H,26,28-33H2,1-24H3,(H,63,77)(H,64,76)(H,65,79)(H,66,78)/b27-25+/t40-,41+,42+,43+,44-,45-,46?,47-,49-,50-,51+,52-/m1/s1. The number of aliphatic hydroxyl groups is 1. The van der Waals surface area contributed by atoms with Gasteiger partial charge < -0.3 is 60.7 Å². The van der Waals surface area contributed by atoms with Crippen molar-refractivity contribution in [2.75, 3.05) is 55.9 Å². The molecule has 0 aromatic rings. The third-order valence-corrected chi connectivity index (χ3v) is 16.1. The van der Waals surface area contributed by atoms with Crippen LogP contribution in [0.25, 0.3) is 0 Å². The summed E-state index contributed by atoms with van der Waals surface area (Å²) in [6, 6.07) is -12.3. The van der Waals surface area contributed by atoms with Crippen molar-refractivity contribution in [2.24, 2.45) is 41.4 Å². The second-order valence-corrected chi connectivity index (χ2v) is 26.1. The zero-order valence-corrected chi connectivity index (χ0v) is 56.1. The van der Waals surface area contributed by atoms with Gasteiger partial charge in [0.25, 0.3) is 0 Å². The topological polar surface area (TPSA) is 279 Å². The van der Waals surface area contributed by atoms with E-state index in [0.29, 0.717) is 6.42 Å². The molecule has 0 aromatic heterocycles. The molecule has 1 rings (SSSR count). The molecule has 1 aliphatic heterocycles. The number of aliphatic hydroxyl groups excluding tert-OH is 1. The Morgan fingerprint density at radius 1 is 0.459 bits per heavy atom. The molecular formula is C62H111N11O12. The maximum absolute atomic E-state index is 15.1.